The quantitative estimate of drug-likeness (QED) is 0.782. The average molecular weight is 214 g/mol. The van der Waals surface area contributed by atoms with E-state index in [1.807, 2.05) is 11.7 Å². The molecule has 14 heavy (non-hydrogen) atoms. The predicted molar refractivity (Wildman–Crippen MR) is 59.8 cm³/mol. The minimum atomic E-state index is 0.233. The van der Waals surface area contributed by atoms with Crippen LogP contribution in [0.3, 0.4) is 0 Å². The first-order valence-corrected chi connectivity index (χ1v) is 5.79. The highest BCUT2D eigenvalue weighted by atomic mass is 32.1. The number of thiazole rings is 1. The Morgan fingerprint density at radius 2 is 2.43 bits per heavy atom. The summed E-state index contributed by atoms with van der Waals surface area (Å²) in [6, 6.07) is 0.380. The predicted octanol–water partition coefficient (Wildman–Crippen LogP) is 1.70. The minimum Gasteiger partial charge on any atom is -0.380 e. The molecule has 2 atom stereocenters. The fourth-order valence-electron chi connectivity index (χ4n) is 1.39. The van der Waals surface area contributed by atoms with Crippen molar-refractivity contribution < 1.29 is 4.74 Å². The Bertz CT molecular complexity index is 238. The van der Waals surface area contributed by atoms with E-state index in [9.17, 15) is 0 Å². The van der Waals surface area contributed by atoms with E-state index in [1.54, 1.807) is 18.4 Å². The van der Waals surface area contributed by atoms with Gasteiger partial charge < -0.3 is 10.1 Å². The molecule has 0 radical (unpaired) electrons. The standard InChI is InChI=1S/C10H18N2OS/c1-4-12-10(8(2)13-3)5-9-6-11-7-14-9/h6-8,10,12H,4-5H2,1-3H3. The number of methoxy groups -OCH3 is 1. The Morgan fingerprint density at radius 3 is 2.93 bits per heavy atom. The first kappa shape index (κ1) is 11.6. The molecule has 3 nitrogen and oxygen atoms in total. The van der Waals surface area contributed by atoms with Crippen LogP contribution in [0.1, 0.15) is 18.7 Å². The van der Waals surface area contributed by atoms with Gasteiger partial charge in [-0.25, -0.2) is 0 Å². The largest absolute Gasteiger partial charge is 0.380 e. The summed E-state index contributed by atoms with van der Waals surface area (Å²) in [4.78, 5) is 5.38. The van der Waals surface area contributed by atoms with Gasteiger partial charge in [-0.05, 0) is 13.5 Å². The zero-order valence-corrected chi connectivity index (χ0v) is 9.80. The molecule has 0 aliphatic carbocycles. The molecule has 80 valence electrons. The number of rotatable bonds is 6. The van der Waals surface area contributed by atoms with Crippen molar-refractivity contribution in [3.63, 3.8) is 0 Å². The van der Waals surface area contributed by atoms with Gasteiger partial charge in [-0.2, -0.15) is 0 Å². The number of likely N-dealkylation sites (N-methyl/N-ethyl adjacent to an activating group) is 1. The van der Waals surface area contributed by atoms with Gasteiger partial charge in [-0.1, -0.05) is 6.92 Å². The van der Waals surface area contributed by atoms with E-state index in [4.69, 9.17) is 4.74 Å². The van der Waals surface area contributed by atoms with Gasteiger partial charge in [0.2, 0.25) is 0 Å². The summed E-state index contributed by atoms with van der Waals surface area (Å²) in [7, 11) is 1.75. The number of hydrogen-bond acceptors (Lipinski definition) is 4. The van der Waals surface area contributed by atoms with Crippen molar-refractivity contribution in [1.82, 2.24) is 10.3 Å². The molecule has 1 heterocycles. The molecule has 2 unspecified atom stereocenters. The molecule has 0 saturated carbocycles. The van der Waals surface area contributed by atoms with Crippen LogP contribution in [-0.2, 0) is 11.2 Å². The molecule has 1 aromatic rings. The Morgan fingerprint density at radius 1 is 1.64 bits per heavy atom. The third-order valence-corrected chi connectivity index (χ3v) is 3.11. The van der Waals surface area contributed by atoms with Crippen LogP contribution >= 0.6 is 11.3 Å². The number of nitrogens with one attached hydrogen (secondary N) is 1. The molecule has 0 amide bonds. The summed E-state index contributed by atoms with van der Waals surface area (Å²) in [6.45, 7) is 5.17. The highest BCUT2D eigenvalue weighted by molar-refractivity contribution is 7.09. The summed E-state index contributed by atoms with van der Waals surface area (Å²) >= 11 is 1.70. The van der Waals surface area contributed by atoms with Gasteiger partial charge in [0.1, 0.15) is 0 Å². The van der Waals surface area contributed by atoms with Crippen LogP contribution in [0.2, 0.25) is 0 Å². The van der Waals surface area contributed by atoms with Crippen molar-refractivity contribution in [2.24, 2.45) is 0 Å². The van der Waals surface area contributed by atoms with Crippen molar-refractivity contribution in [2.75, 3.05) is 13.7 Å². The third-order valence-electron chi connectivity index (χ3n) is 2.31. The van der Waals surface area contributed by atoms with Crippen LogP contribution in [0.4, 0.5) is 0 Å². The van der Waals surface area contributed by atoms with Gasteiger partial charge in [0.05, 0.1) is 11.6 Å². The summed E-state index contributed by atoms with van der Waals surface area (Å²) in [5, 5.41) is 3.43. The van der Waals surface area contributed by atoms with E-state index in [2.05, 4.69) is 24.1 Å². The monoisotopic (exact) mass is 214 g/mol. The molecule has 0 aliphatic rings. The smallest absolute Gasteiger partial charge is 0.0794 e. The highest BCUT2D eigenvalue weighted by Gasteiger charge is 2.16. The molecule has 0 aromatic carbocycles. The summed E-state index contributed by atoms with van der Waals surface area (Å²) in [6.07, 6.45) is 3.15. The molecule has 1 aromatic heterocycles. The lowest BCUT2D eigenvalue weighted by atomic mass is 10.1. The van der Waals surface area contributed by atoms with Crippen LogP contribution in [0.15, 0.2) is 11.7 Å². The molecule has 0 fully saturated rings. The fraction of sp³-hybridized carbons (Fsp3) is 0.700. The second kappa shape index (κ2) is 6.11. The Hall–Kier alpha value is -0.450. The van der Waals surface area contributed by atoms with E-state index in [-0.39, 0.29) is 6.10 Å². The molecule has 0 aliphatic heterocycles. The second-order valence-electron chi connectivity index (χ2n) is 3.28. The number of aromatic nitrogens is 1. The van der Waals surface area contributed by atoms with Gasteiger partial charge in [0.25, 0.3) is 0 Å². The molecule has 0 saturated heterocycles. The maximum atomic E-state index is 5.34. The lowest BCUT2D eigenvalue weighted by molar-refractivity contribution is 0.0839. The molecule has 0 spiro atoms. The van der Waals surface area contributed by atoms with Crippen molar-refractivity contribution in [3.05, 3.63) is 16.6 Å². The van der Waals surface area contributed by atoms with Crippen molar-refractivity contribution >= 4 is 11.3 Å². The van der Waals surface area contributed by atoms with Crippen molar-refractivity contribution in [1.29, 1.82) is 0 Å². The van der Waals surface area contributed by atoms with Gasteiger partial charge in [-0.3, -0.25) is 4.98 Å². The van der Waals surface area contributed by atoms with E-state index >= 15 is 0 Å². The van der Waals surface area contributed by atoms with E-state index in [1.165, 1.54) is 4.88 Å². The zero-order valence-electron chi connectivity index (χ0n) is 8.99. The molecular weight excluding hydrogens is 196 g/mol. The molecule has 0 bridgehead atoms. The van der Waals surface area contributed by atoms with Gasteiger partial charge in [0.15, 0.2) is 0 Å². The lowest BCUT2D eigenvalue weighted by Gasteiger charge is -2.22. The van der Waals surface area contributed by atoms with E-state index in [0.29, 0.717) is 6.04 Å². The first-order valence-electron chi connectivity index (χ1n) is 4.91. The maximum Gasteiger partial charge on any atom is 0.0794 e. The first-order chi connectivity index (χ1) is 6.77. The van der Waals surface area contributed by atoms with Gasteiger partial charge in [0, 0.05) is 30.6 Å². The van der Waals surface area contributed by atoms with E-state index in [0.717, 1.165) is 13.0 Å². The van der Waals surface area contributed by atoms with Crippen LogP contribution in [0, 0.1) is 0 Å². The van der Waals surface area contributed by atoms with Crippen LogP contribution in [-0.4, -0.2) is 30.8 Å². The third kappa shape index (κ3) is 3.36. The normalized spacial score (nSPS) is 15.4. The Balaban J connectivity index is 2.50. The van der Waals surface area contributed by atoms with Crippen LogP contribution < -0.4 is 5.32 Å². The second-order valence-corrected chi connectivity index (χ2v) is 4.25. The summed E-state index contributed by atoms with van der Waals surface area (Å²) < 4.78 is 5.34. The minimum absolute atomic E-state index is 0.233. The molecule has 1 N–H and O–H groups in total. The number of hydrogen-bond donors (Lipinski definition) is 1. The van der Waals surface area contributed by atoms with E-state index < -0.39 is 0 Å². The van der Waals surface area contributed by atoms with Crippen molar-refractivity contribution in [2.45, 2.75) is 32.4 Å². The van der Waals surface area contributed by atoms with Crippen molar-refractivity contribution in [3.8, 4) is 0 Å². The topological polar surface area (TPSA) is 34.2 Å². The van der Waals surface area contributed by atoms with Crippen LogP contribution in [0.5, 0.6) is 0 Å². The molecule has 1 rings (SSSR count). The molecular formula is C10H18N2OS. The SMILES string of the molecule is CCNC(Cc1cncs1)C(C)OC. The fourth-order valence-corrected chi connectivity index (χ4v) is 2.04. The summed E-state index contributed by atoms with van der Waals surface area (Å²) in [5.74, 6) is 0. The highest BCUT2D eigenvalue weighted by Crippen LogP contribution is 2.11. The average Bonchev–Trinajstić information content (AvgIpc) is 2.68. The number of nitrogens with zero attached hydrogens (tertiary/aromatic N) is 1. The Kier molecular flexibility index (Phi) is 5.07. The maximum absolute atomic E-state index is 5.34. The zero-order chi connectivity index (χ0) is 10.4. The number of ether oxygens (including phenoxy) is 1. The van der Waals surface area contributed by atoms with Gasteiger partial charge >= 0.3 is 0 Å². The molecule has 4 heteroatoms. The lowest BCUT2D eigenvalue weighted by Crippen LogP contribution is -2.40. The Labute approximate surface area is 89.5 Å². The van der Waals surface area contributed by atoms with Gasteiger partial charge in [-0.15, -0.1) is 11.3 Å². The van der Waals surface area contributed by atoms with Crippen LogP contribution in [0.25, 0.3) is 0 Å². The summed E-state index contributed by atoms with van der Waals surface area (Å²) in [5.41, 5.74) is 1.87.